The van der Waals surface area contributed by atoms with Crippen LogP contribution in [0, 0.1) is 0 Å². The normalized spacial score (nSPS) is 11.4. The van der Waals surface area contributed by atoms with Crippen LogP contribution >= 0.6 is 0 Å². The number of carbonyl (C=O) groups is 1. The fraction of sp³-hybridized carbons (Fsp3) is 0.500. The van der Waals surface area contributed by atoms with Gasteiger partial charge in [0.15, 0.2) is 0 Å². The van der Waals surface area contributed by atoms with Gasteiger partial charge < -0.3 is 0 Å². The second kappa shape index (κ2) is 9.15. The van der Waals surface area contributed by atoms with Crippen LogP contribution in [0.2, 0.25) is 0 Å². The van der Waals surface area contributed by atoms with Crippen LogP contribution in [0.3, 0.4) is 0 Å². The number of hydrogen-bond acceptors (Lipinski definition) is 1. The average Bonchev–Trinajstić information content (AvgIpc) is 2.03. The summed E-state index contributed by atoms with van der Waals surface area (Å²) in [6, 6.07) is 0. The van der Waals surface area contributed by atoms with E-state index in [2.05, 4.69) is 13.0 Å². The molecule has 0 radical (unpaired) electrons. The summed E-state index contributed by atoms with van der Waals surface area (Å²) >= 11 is 0. The molecular formula is C10H16O. The van der Waals surface area contributed by atoms with E-state index in [1.54, 1.807) is 6.08 Å². The standard InChI is InChI=1S/C10H16O/c1-2-3-4-5-6-7-8-9-10-11/h6-10H,2-5H2,1H3/b7-6?,9-8+. The first-order valence-corrected chi connectivity index (χ1v) is 4.18. The minimum Gasteiger partial charge on any atom is -0.299 e. The molecule has 0 N–H and O–H groups in total. The van der Waals surface area contributed by atoms with E-state index in [4.69, 9.17) is 0 Å². The molecule has 0 aliphatic rings. The molecule has 0 unspecified atom stereocenters. The Morgan fingerprint density at radius 3 is 2.55 bits per heavy atom. The Balaban J connectivity index is 3.15. The van der Waals surface area contributed by atoms with Gasteiger partial charge in [0.1, 0.15) is 6.29 Å². The summed E-state index contributed by atoms with van der Waals surface area (Å²) in [5.41, 5.74) is 0. The summed E-state index contributed by atoms with van der Waals surface area (Å²) < 4.78 is 0. The Morgan fingerprint density at radius 2 is 1.91 bits per heavy atom. The molecule has 0 atom stereocenters. The second-order valence-electron chi connectivity index (χ2n) is 2.44. The second-order valence-corrected chi connectivity index (χ2v) is 2.44. The molecule has 0 spiro atoms. The summed E-state index contributed by atoms with van der Waals surface area (Å²) in [6.45, 7) is 2.19. The highest BCUT2D eigenvalue weighted by Gasteiger charge is 1.79. The van der Waals surface area contributed by atoms with Gasteiger partial charge in [0.25, 0.3) is 0 Å². The summed E-state index contributed by atoms with van der Waals surface area (Å²) in [5, 5.41) is 0. The van der Waals surface area contributed by atoms with Crippen LogP contribution < -0.4 is 0 Å². The van der Waals surface area contributed by atoms with Gasteiger partial charge in [-0.15, -0.1) is 0 Å². The summed E-state index contributed by atoms with van der Waals surface area (Å²) in [6.07, 6.45) is 13.0. The highest BCUT2D eigenvalue weighted by Crippen LogP contribution is 1.99. The lowest BCUT2D eigenvalue weighted by atomic mass is 10.2. The number of unbranched alkanes of at least 4 members (excludes halogenated alkanes) is 3. The van der Waals surface area contributed by atoms with E-state index in [9.17, 15) is 4.79 Å². The first kappa shape index (κ1) is 10.2. The van der Waals surface area contributed by atoms with Crippen LogP contribution in [0.4, 0.5) is 0 Å². The van der Waals surface area contributed by atoms with Crippen molar-refractivity contribution < 1.29 is 4.79 Å². The van der Waals surface area contributed by atoms with Crippen molar-refractivity contribution in [1.29, 1.82) is 0 Å². The van der Waals surface area contributed by atoms with E-state index in [0.717, 1.165) is 12.7 Å². The molecule has 0 rings (SSSR count). The van der Waals surface area contributed by atoms with Gasteiger partial charge in [-0.25, -0.2) is 0 Å². The van der Waals surface area contributed by atoms with Gasteiger partial charge in [-0.1, -0.05) is 38.0 Å². The number of allylic oxidation sites excluding steroid dienone is 4. The van der Waals surface area contributed by atoms with Gasteiger partial charge in [-0.2, -0.15) is 0 Å². The van der Waals surface area contributed by atoms with Crippen molar-refractivity contribution in [2.75, 3.05) is 0 Å². The Labute approximate surface area is 68.8 Å². The molecular weight excluding hydrogens is 136 g/mol. The van der Waals surface area contributed by atoms with Gasteiger partial charge in [0.05, 0.1) is 0 Å². The molecule has 0 aromatic rings. The molecule has 0 amide bonds. The van der Waals surface area contributed by atoms with Crippen LogP contribution in [0.25, 0.3) is 0 Å². The quantitative estimate of drug-likeness (QED) is 0.247. The molecule has 0 aliphatic heterocycles. The van der Waals surface area contributed by atoms with Crippen LogP contribution in [0.15, 0.2) is 24.3 Å². The van der Waals surface area contributed by atoms with Crippen LogP contribution in [-0.4, -0.2) is 6.29 Å². The topological polar surface area (TPSA) is 17.1 Å². The molecule has 0 heterocycles. The van der Waals surface area contributed by atoms with Crippen molar-refractivity contribution in [3.63, 3.8) is 0 Å². The molecule has 0 aromatic heterocycles. The number of aldehydes is 1. The number of carbonyl (C=O) groups excluding carboxylic acids is 1. The van der Waals surface area contributed by atoms with E-state index in [0.29, 0.717) is 0 Å². The molecule has 0 aromatic carbocycles. The van der Waals surface area contributed by atoms with E-state index >= 15 is 0 Å². The van der Waals surface area contributed by atoms with Gasteiger partial charge in [0, 0.05) is 0 Å². The third-order valence-electron chi connectivity index (χ3n) is 1.41. The van der Waals surface area contributed by atoms with E-state index in [1.165, 1.54) is 25.3 Å². The van der Waals surface area contributed by atoms with Crippen molar-refractivity contribution in [3.05, 3.63) is 24.3 Å². The van der Waals surface area contributed by atoms with Crippen molar-refractivity contribution in [3.8, 4) is 0 Å². The van der Waals surface area contributed by atoms with E-state index < -0.39 is 0 Å². The van der Waals surface area contributed by atoms with Gasteiger partial charge in [-0.05, 0) is 18.9 Å². The number of rotatable bonds is 6. The fourth-order valence-electron chi connectivity index (χ4n) is 0.796. The van der Waals surface area contributed by atoms with Crippen molar-refractivity contribution in [1.82, 2.24) is 0 Å². The molecule has 1 heteroatoms. The Kier molecular flexibility index (Phi) is 8.44. The van der Waals surface area contributed by atoms with Crippen LogP contribution in [0.1, 0.15) is 32.6 Å². The Hall–Kier alpha value is -0.850. The van der Waals surface area contributed by atoms with E-state index in [1.807, 2.05) is 6.08 Å². The molecule has 1 nitrogen and oxygen atoms in total. The number of hydrogen-bond donors (Lipinski definition) is 0. The van der Waals surface area contributed by atoms with Crippen molar-refractivity contribution in [2.45, 2.75) is 32.6 Å². The predicted molar refractivity (Wildman–Crippen MR) is 48.5 cm³/mol. The highest BCUT2D eigenvalue weighted by atomic mass is 16.1. The Morgan fingerprint density at radius 1 is 1.09 bits per heavy atom. The van der Waals surface area contributed by atoms with Gasteiger partial charge >= 0.3 is 0 Å². The zero-order valence-electron chi connectivity index (χ0n) is 7.12. The van der Waals surface area contributed by atoms with Crippen LogP contribution in [0.5, 0.6) is 0 Å². The van der Waals surface area contributed by atoms with E-state index in [-0.39, 0.29) is 0 Å². The lowest BCUT2D eigenvalue weighted by Gasteiger charge is -1.89. The molecule has 0 fully saturated rings. The third-order valence-corrected chi connectivity index (χ3v) is 1.41. The van der Waals surface area contributed by atoms with Crippen molar-refractivity contribution >= 4 is 6.29 Å². The molecule has 11 heavy (non-hydrogen) atoms. The van der Waals surface area contributed by atoms with Crippen LogP contribution in [-0.2, 0) is 4.79 Å². The maximum Gasteiger partial charge on any atom is 0.142 e. The molecule has 0 saturated carbocycles. The Bertz CT molecular complexity index is 134. The minimum atomic E-state index is 0.788. The highest BCUT2D eigenvalue weighted by molar-refractivity contribution is 5.65. The monoisotopic (exact) mass is 152 g/mol. The largest absolute Gasteiger partial charge is 0.299 e. The van der Waals surface area contributed by atoms with Crippen molar-refractivity contribution in [2.24, 2.45) is 0 Å². The predicted octanol–water partition coefficient (Wildman–Crippen LogP) is 2.88. The fourth-order valence-corrected chi connectivity index (χ4v) is 0.796. The maximum absolute atomic E-state index is 9.82. The zero-order chi connectivity index (χ0) is 8.36. The SMILES string of the molecule is CCCCCC=C/C=C/C=O. The maximum atomic E-state index is 9.82. The molecule has 0 bridgehead atoms. The smallest absolute Gasteiger partial charge is 0.142 e. The molecule has 0 aliphatic carbocycles. The third kappa shape index (κ3) is 9.15. The summed E-state index contributed by atoms with van der Waals surface area (Å²) in [5.74, 6) is 0. The first-order valence-electron chi connectivity index (χ1n) is 4.18. The lowest BCUT2D eigenvalue weighted by Crippen LogP contribution is -1.69. The summed E-state index contributed by atoms with van der Waals surface area (Å²) in [7, 11) is 0. The van der Waals surface area contributed by atoms with Gasteiger partial charge in [-0.3, -0.25) is 4.79 Å². The average molecular weight is 152 g/mol. The first-order chi connectivity index (χ1) is 5.41. The van der Waals surface area contributed by atoms with Gasteiger partial charge in [0.2, 0.25) is 0 Å². The zero-order valence-corrected chi connectivity index (χ0v) is 7.12. The lowest BCUT2D eigenvalue weighted by molar-refractivity contribution is -0.104. The molecule has 0 saturated heterocycles. The minimum absolute atomic E-state index is 0.788. The molecule has 62 valence electrons. The summed E-state index contributed by atoms with van der Waals surface area (Å²) in [4.78, 5) is 9.82.